The van der Waals surface area contributed by atoms with Crippen molar-refractivity contribution in [2.45, 2.75) is 12.6 Å². The lowest BCUT2D eigenvalue weighted by atomic mass is 10.0. The van der Waals surface area contributed by atoms with E-state index in [4.69, 9.17) is 25.8 Å². The number of aromatic nitrogens is 1. The molecule has 4 rings (SSSR count). The standard InChI is InChI=1S/C19H19ClN2O5/c20-14-1-2-15(21-9-14)12-7-13-10-22(3-4-27-18(13)16(23)8-12)19(24)17-11-25-5-6-26-17/h1-2,7-9,17,23H,3-6,10-11H2/t17-/m1/s1. The monoisotopic (exact) mass is 390 g/mol. The van der Waals surface area contributed by atoms with Gasteiger partial charge in [0.1, 0.15) is 6.61 Å². The molecule has 0 radical (unpaired) electrons. The molecule has 0 aliphatic carbocycles. The summed E-state index contributed by atoms with van der Waals surface area (Å²) in [7, 11) is 0. The summed E-state index contributed by atoms with van der Waals surface area (Å²) in [5.41, 5.74) is 2.10. The van der Waals surface area contributed by atoms with Gasteiger partial charge in [0.25, 0.3) is 5.91 Å². The van der Waals surface area contributed by atoms with E-state index < -0.39 is 6.10 Å². The van der Waals surface area contributed by atoms with Crippen LogP contribution in [0.15, 0.2) is 30.5 Å². The van der Waals surface area contributed by atoms with Crippen molar-refractivity contribution in [2.75, 3.05) is 33.0 Å². The number of halogens is 1. The van der Waals surface area contributed by atoms with Gasteiger partial charge in [-0.1, -0.05) is 11.6 Å². The van der Waals surface area contributed by atoms with Gasteiger partial charge in [0, 0.05) is 23.9 Å². The number of phenolic OH excluding ortho intramolecular Hbond substituents is 1. The molecular formula is C19H19ClN2O5. The van der Waals surface area contributed by atoms with Gasteiger partial charge in [-0.05, 0) is 24.3 Å². The molecule has 2 aliphatic heterocycles. The Bertz CT molecular complexity index is 837. The Labute approximate surface area is 161 Å². The number of rotatable bonds is 2. The highest BCUT2D eigenvalue weighted by Gasteiger charge is 2.30. The summed E-state index contributed by atoms with van der Waals surface area (Å²) >= 11 is 5.90. The van der Waals surface area contributed by atoms with Crippen LogP contribution in [-0.4, -0.2) is 60.0 Å². The third kappa shape index (κ3) is 3.85. The molecule has 1 amide bonds. The van der Waals surface area contributed by atoms with Gasteiger partial charge in [-0.3, -0.25) is 9.78 Å². The molecule has 2 aliphatic rings. The van der Waals surface area contributed by atoms with E-state index in [9.17, 15) is 9.90 Å². The van der Waals surface area contributed by atoms with Crippen molar-refractivity contribution in [3.63, 3.8) is 0 Å². The maximum atomic E-state index is 12.8. The molecule has 0 saturated carbocycles. The summed E-state index contributed by atoms with van der Waals surface area (Å²) in [4.78, 5) is 18.7. The molecule has 0 spiro atoms. The van der Waals surface area contributed by atoms with Gasteiger partial charge in [-0.2, -0.15) is 0 Å². The van der Waals surface area contributed by atoms with Gasteiger partial charge in [0.2, 0.25) is 0 Å². The average molecular weight is 391 g/mol. The van der Waals surface area contributed by atoms with Crippen molar-refractivity contribution in [3.8, 4) is 22.8 Å². The third-order valence-corrected chi connectivity index (χ3v) is 4.76. The van der Waals surface area contributed by atoms with E-state index in [1.165, 1.54) is 0 Å². The lowest BCUT2D eigenvalue weighted by Gasteiger charge is -2.28. The zero-order chi connectivity index (χ0) is 18.8. The molecule has 1 aromatic carbocycles. The minimum Gasteiger partial charge on any atom is -0.504 e. The molecule has 142 valence electrons. The number of carbonyl (C=O) groups is 1. The number of hydrogen-bond donors (Lipinski definition) is 1. The Morgan fingerprint density at radius 2 is 2.15 bits per heavy atom. The highest BCUT2D eigenvalue weighted by atomic mass is 35.5. The SMILES string of the molecule is O=C([C@H]1COCCO1)N1CCOc2c(O)cc(-c3ccc(Cl)cn3)cc2C1. The number of pyridine rings is 1. The number of hydrogen-bond acceptors (Lipinski definition) is 6. The Kier molecular flexibility index (Phi) is 5.15. The number of fused-ring (bicyclic) bond motifs is 1. The molecule has 1 atom stereocenters. The van der Waals surface area contributed by atoms with Crippen LogP contribution in [0.2, 0.25) is 5.02 Å². The van der Waals surface area contributed by atoms with Crippen molar-refractivity contribution < 1.29 is 24.1 Å². The maximum Gasteiger partial charge on any atom is 0.254 e. The first-order valence-electron chi connectivity index (χ1n) is 8.70. The number of phenols is 1. The van der Waals surface area contributed by atoms with Crippen LogP contribution in [-0.2, 0) is 20.8 Å². The number of aromatic hydroxyl groups is 1. The lowest BCUT2D eigenvalue weighted by Crippen LogP contribution is -2.45. The molecular weight excluding hydrogens is 372 g/mol. The van der Waals surface area contributed by atoms with Crippen LogP contribution in [0.4, 0.5) is 0 Å². The van der Waals surface area contributed by atoms with E-state index >= 15 is 0 Å². The second-order valence-electron chi connectivity index (χ2n) is 6.39. The van der Waals surface area contributed by atoms with Crippen molar-refractivity contribution in [2.24, 2.45) is 0 Å². The van der Waals surface area contributed by atoms with Crippen LogP contribution >= 0.6 is 11.6 Å². The number of ether oxygens (including phenoxy) is 3. The van der Waals surface area contributed by atoms with Crippen molar-refractivity contribution >= 4 is 17.5 Å². The molecule has 7 nitrogen and oxygen atoms in total. The number of nitrogens with zero attached hydrogens (tertiary/aromatic N) is 2. The van der Waals surface area contributed by atoms with Gasteiger partial charge in [-0.25, -0.2) is 0 Å². The van der Waals surface area contributed by atoms with E-state index in [1.54, 1.807) is 29.3 Å². The second-order valence-corrected chi connectivity index (χ2v) is 6.82. The van der Waals surface area contributed by atoms with Gasteiger partial charge < -0.3 is 24.2 Å². The highest BCUT2D eigenvalue weighted by molar-refractivity contribution is 6.30. The van der Waals surface area contributed by atoms with Crippen LogP contribution < -0.4 is 4.74 Å². The van der Waals surface area contributed by atoms with E-state index in [-0.39, 0.29) is 18.3 Å². The number of benzene rings is 1. The quantitative estimate of drug-likeness (QED) is 0.847. The predicted octanol–water partition coefficient (Wildman–Crippen LogP) is 2.24. The topological polar surface area (TPSA) is 81.1 Å². The first-order chi connectivity index (χ1) is 13.1. The van der Waals surface area contributed by atoms with Crippen molar-refractivity contribution in [1.82, 2.24) is 9.88 Å². The van der Waals surface area contributed by atoms with Crippen molar-refractivity contribution in [1.29, 1.82) is 0 Å². The van der Waals surface area contributed by atoms with Crippen molar-refractivity contribution in [3.05, 3.63) is 41.0 Å². The highest BCUT2D eigenvalue weighted by Crippen LogP contribution is 2.37. The van der Waals surface area contributed by atoms with Crippen LogP contribution in [0.25, 0.3) is 11.3 Å². The second kappa shape index (κ2) is 7.72. The molecule has 8 heteroatoms. The molecule has 0 bridgehead atoms. The normalized spacial score (nSPS) is 19.7. The zero-order valence-corrected chi connectivity index (χ0v) is 15.3. The third-order valence-electron chi connectivity index (χ3n) is 4.54. The summed E-state index contributed by atoms with van der Waals surface area (Å²) in [5.74, 6) is 0.273. The summed E-state index contributed by atoms with van der Waals surface area (Å²) in [6, 6.07) is 6.98. The van der Waals surface area contributed by atoms with Crippen LogP contribution in [0, 0.1) is 0 Å². The van der Waals surface area contributed by atoms with Gasteiger partial charge in [0.15, 0.2) is 17.6 Å². The fourth-order valence-electron chi connectivity index (χ4n) is 3.22. The predicted molar refractivity (Wildman–Crippen MR) is 97.8 cm³/mol. The Balaban J connectivity index is 1.62. The van der Waals surface area contributed by atoms with Crippen LogP contribution in [0.5, 0.6) is 11.5 Å². The summed E-state index contributed by atoms with van der Waals surface area (Å²) < 4.78 is 16.6. The molecule has 2 aromatic rings. The Morgan fingerprint density at radius 1 is 1.26 bits per heavy atom. The Hall–Kier alpha value is -2.35. The van der Waals surface area contributed by atoms with E-state index in [1.807, 2.05) is 6.07 Å². The minimum atomic E-state index is -0.602. The number of amides is 1. The van der Waals surface area contributed by atoms with Gasteiger partial charge >= 0.3 is 0 Å². The maximum absolute atomic E-state index is 12.8. The summed E-state index contributed by atoms with van der Waals surface area (Å²) in [6.45, 7) is 2.16. The molecule has 1 N–H and O–H groups in total. The smallest absolute Gasteiger partial charge is 0.254 e. The average Bonchev–Trinajstić information content (AvgIpc) is 2.91. The van der Waals surface area contributed by atoms with E-state index in [0.717, 1.165) is 5.56 Å². The van der Waals surface area contributed by atoms with E-state index in [0.29, 0.717) is 54.9 Å². The van der Waals surface area contributed by atoms with Gasteiger partial charge in [0.05, 0.1) is 37.1 Å². The summed E-state index contributed by atoms with van der Waals surface area (Å²) in [6.07, 6.45) is 0.946. The fourth-order valence-corrected chi connectivity index (χ4v) is 3.33. The molecule has 0 unspecified atom stereocenters. The zero-order valence-electron chi connectivity index (χ0n) is 14.6. The molecule has 27 heavy (non-hydrogen) atoms. The summed E-state index contributed by atoms with van der Waals surface area (Å²) in [5, 5.41) is 11.0. The minimum absolute atomic E-state index is 0.0193. The van der Waals surface area contributed by atoms with E-state index in [2.05, 4.69) is 4.98 Å². The van der Waals surface area contributed by atoms with Crippen LogP contribution in [0.1, 0.15) is 5.56 Å². The number of carbonyl (C=O) groups excluding carboxylic acids is 1. The molecule has 3 heterocycles. The van der Waals surface area contributed by atoms with Crippen LogP contribution in [0.3, 0.4) is 0 Å². The van der Waals surface area contributed by atoms with Gasteiger partial charge in [-0.15, -0.1) is 0 Å². The lowest BCUT2D eigenvalue weighted by molar-refractivity contribution is -0.158. The largest absolute Gasteiger partial charge is 0.504 e. The molecule has 1 aromatic heterocycles. The molecule has 1 saturated heterocycles. The first kappa shape index (κ1) is 18.0. The first-order valence-corrected chi connectivity index (χ1v) is 9.08. The molecule has 1 fully saturated rings. The fraction of sp³-hybridized carbons (Fsp3) is 0.368. The Morgan fingerprint density at radius 3 is 2.89 bits per heavy atom.